The molecule has 16 heavy (non-hydrogen) atoms. The first-order chi connectivity index (χ1) is 7.57. The molecule has 1 saturated heterocycles. The molecule has 0 amide bonds. The summed E-state index contributed by atoms with van der Waals surface area (Å²) in [4.78, 5) is 15.2. The summed E-state index contributed by atoms with van der Waals surface area (Å²) in [7, 11) is 0. The molecule has 0 aromatic carbocycles. The van der Waals surface area contributed by atoms with E-state index in [9.17, 15) is 4.79 Å². The minimum atomic E-state index is -0.591. The van der Waals surface area contributed by atoms with Crippen LogP contribution in [-0.2, 0) is 14.2 Å². The average Bonchev–Trinajstić information content (AvgIpc) is 2.83. The molecule has 1 aromatic rings. The first-order valence-electron chi connectivity index (χ1n) is 5.04. The number of aromatic nitrogens is 2. The Balaban J connectivity index is 1.79. The van der Waals surface area contributed by atoms with E-state index in [1.165, 1.54) is 23.3 Å². The summed E-state index contributed by atoms with van der Waals surface area (Å²) < 4.78 is 17.1. The third-order valence-electron chi connectivity index (χ3n) is 2.18. The lowest BCUT2D eigenvalue weighted by Crippen LogP contribution is -2.26. The molecule has 0 spiro atoms. The molecule has 0 radical (unpaired) electrons. The molecule has 1 aromatic heterocycles. The van der Waals surface area contributed by atoms with Gasteiger partial charge in [-0.05, 0) is 13.8 Å². The van der Waals surface area contributed by atoms with Crippen LogP contribution in [0.15, 0.2) is 18.7 Å². The van der Waals surface area contributed by atoms with Gasteiger partial charge in [-0.2, -0.15) is 0 Å². The van der Waals surface area contributed by atoms with Crippen LogP contribution in [0.1, 0.15) is 13.8 Å². The molecule has 1 atom stereocenters. The fourth-order valence-corrected chi connectivity index (χ4v) is 1.45. The minimum absolute atomic E-state index is 0.181. The Morgan fingerprint density at radius 1 is 1.69 bits per heavy atom. The van der Waals surface area contributed by atoms with Crippen LogP contribution < -0.4 is 0 Å². The molecule has 6 nitrogen and oxygen atoms in total. The highest BCUT2D eigenvalue weighted by atomic mass is 16.7. The fourth-order valence-electron chi connectivity index (χ4n) is 1.45. The van der Waals surface area contributed by atoms with Crippen molar-refractivity contribution in [1.82, 2.24) is 9.55 Å². The lowest BCUT2D eigenvalue weighted by Gasteiger charge is -2.16. The Labute approximate surface area is 93.1 Å². The first-order valence-corrected chi connectivity index (χ1v) is 5.04. The average molecular weight is 226 g/mol. The van der Waals surface area contributed by atoms with Crippen LogP contribution >= 0.6 is 0 Å². The van der Waals surface area contributed by atoms with Gasteiger partial charge in [0.15, 0.2) is 5.79 Å². The molecule has 2 rings (SSSR count). The zero-order valence-corrected chi connectivity index (χ0v) is 9.25. The lowest BCUT2D eigenvalue weighted by atomic mass is 10.4. The predicted molar refractivity (Wildman–Crippen MR) is 53.9 cm³/mol. The number of carbonyl (C=O) groups excluding carboxylic acids is 1. The van der Waals surface area contributed by atoms with Crippen LogP contribution in [0.5, 0.6) is 0 Å². The maximum Gasteiger partial charge on any atom is 0.419 e. The number of imidazole rings is 1. The van der Waals surface area contributed by atoms with Crippen LogP contribution in [0.4, 0.5) is 4.79 Å². The van der Waals surface area contributed by atoms with Crippen molar-refractivity contribution >= 4 is 6.09 Å². The second-order valence-corrected chi connectivity index (χ2v) is 4.00. The van der Waals surface area contributed by atoms with Gasteiger partial charge in [0.25, 0.3) is 0 Å². The molecule has 0 aliphatic carbocycles. The van der Waals surface area contributed by atoms with Crippen molar-refractivity contribution in [2.45, 2.75) is 25.7 Å². The number of rotatable bonds is 2. The second-order valence-electron chi connectivity index (χ2n) is 4.00. The number of hydrogen-bond donors (Lipinski definition) is 0. The third kappa shape index (κ3) is 2.59. The number of hydrogen-bond acceptors (Lipinski definition) is 5. The topological polar surface area (TPSA) is 62.6 Å². The van der Waals surface area contributed by atoms with Gasteiger partial charge in [0, 0.05) is 12.4 Å². The van der Waals surface area contributed by atoms with Gasteiger partial charge in [-0.15, -0.1) is 0 Å². The summed E-state index contributed by atoms with van der Waals surface area (Å²) in [5.41, 5.74) is 0. The molecule has 2 heterocycles. The molecule has 0 bridgehead atoms. The van der Waals surface area contributed by atoms with Crippen molar-refractivity contribution in [3.63, 3.8) is 0 Å². The van der Waals surface area contributed by atoms with E-state index >= 15 is 0 Å². The van der Waals surface area contributed by atoms with E-state index in [0.29, 0.717) is 6.61 Å². The van der Waals surface area contributed by atoms with E-state index in [1.54, 1.807) is 0 Å². The molecular formula is C10H14N2O4. The molecule has 1 aliphatic rings. The summed E-state index contributed by atoms with van der Waals surface area (Å²) in [5.74, 6) is -0.591. The molecule has 6 heteroatoms. The second kappa shape index (κ2) is 4.23. The maximum atomic E-state index is 11.4. The molecule has 88 valence electrons. The number of ether oxygens (including phenoxy) is 3. The zero-order chi connectivity index (χ0) is 11.6. The summed E-state index contributed by atoms with van der Waals surface area (Å²) in [5, 5.41) is 0. The zero-order valence-electron chi connectivity index (χ0n) is 9.25. The van der Waals surface area contributed by atoms with Crippen molar-refractivity contribution < 1.29 is 19.0 Å². The van der Waals surface area contributed by atoms with Crippen LogP contribution in [0.25, 0.3) is 0 Å². The monoisotopic (exact) mass is 226 g/mol. The molecule has 0 saturated carbocycles. The quantitative estimate of drug-likeness (QED) is 0.753. The van der Waals surface area contributed by atoms with E-state index in [1.807, 2.05) is 13.8 Å². The standard InChI is InChI=1S/C10H14N2O4/c1-10(2)15-6-8(16-10)5-14-9(13)12-4-3-11-7-12/h3-4,7-8H,5-6H2,1-2H3. The highest BCUT2D eigenvalue weighted by Crippen LogP contribution is 2.22. The Morgan fingerprint density at radius 2 is 2.50 bits per heavy atom. The van der Waals surface area contributed by atoms with Gasteiger partial charge in [-0.3, -0.25) is 0 Å². The Morgan fingerprint density at radius 3 is 3.06 bits per heavy atom. The van der Waals surface area contributed by atoms with E-state index in [4.69, 9.17) is 14.2 Å². The third-order valence-corrected chi connectivity index (χ3v) is 2.18. The Hall–Kier alpha value is -1.40. The van der Waals surface area contributed by atoms with Crippen molar-refractivity contribution in [3.05, 3.63) is 18.7 Å². The van der Waals surface area contributed by atoms with Crippen molar-refractivity contribution in [2.24, 2.45) is 0 Å². The van der Waals surface area contributed by atoms with Gasteiger partial charge < -0.3 is 14.2 Å². The van der Waals surface area contributed by atoms with E-state index in [-0.39, 0.29) is 12.7 Å². The number of nitrogens with zero attached hydrogens (tertiary/aromatic N) is 2. The molecule has 1 aliphatic heterocycles. The van der Waals surface area contributed by atoms with Crippen LogP contribution in [0, 0.1) is 0 Å². The highest BCUT2D eigenvalue weighted by molar-refractivity contribution is 5.69. The summed E-state index contributed by atoms with van der Waals surface area (Å²) in [6.45, 7) is 4.26. The highest BCUT2D eigenvalue weighted by Gasteiger charge is 2.33. The van der Waals surface area contributed by atoms with Crippen molar-refractivity contribution in [3.8, 4) is 0 Å². The maximum absolute atomic E-state index is 11.4. The predicted octanol–water partition coefficient (Wildman–Crippen LogP) is 1.02. The molecule has 1 fully saturated rings. The Bertz CT molecular complexity index is 361. The van der Waals surface area contributed by atoms with Crippen LogP contribution in [0.3, 0.4) is 0 Å². The van der Waals surface area contributed by atoms with Crippen LogP contribution in [0.2, 0.25) is 0 Å². The van der Waals surface area contributed by atoms with Gasteiger partial charge in [0.1, 0.15) is 19.0 Å². The van der Waals surface area contributed by atoms with Crippen molar-refractivity contribution in [1.29, 1.82) is 0 Å². The van der Waals surface area contributed by atoms with Gasteiger partial charge in [0.2, 0.25) is 0 Å². The smallest absolute Gasteiger partial charge is 0.419 e. The van der Waals surface area contributed by atoms with E-state index in [0.717, 1.165) is 0 Å². The van der Waals surface area contributed by atoms with Gasteiger partial charge in [-0.25, -0.2) is 14.3 Å². The minimum Gasteiger partial charge on any atom is -0.446 e. The Kier molecular flexibility index (Phi) is 2.93. The molecule has 0 N–H and O–H groups in total. The van der Waals surface area contributed by atoms with E-state index in [2.05, 4.69) is 4.98 Å². The largest absolute Gasteiger partial charge is 0.446 e. The van der Waals surface area contributed by atoms with Crippen molar-refractivity contribution in [2.75, 3.05) is 13.2 Å². The molecular weight excluding hydrogens is 212 g/mol. The summed E-state index contributed by atoms with van der Waals surface area (Å²) in [6, 6.07) is 0. The van der Waals surface area contributed by atoms with Gasteiger partial charge in [0.05, 0.1) is 6.61 Å². The normalized spacial score (nSPS) is 23.2. The van der Waals surface area contributed by atoms with Crippen LogP contribution in [-0.4, -0.2) is 40.7 Å². The molecule has 1 unspecified atom stereocenters. The van der Waals surface area contributed by atoms with Gasteiger partial charge in [-0.1, -0.05) is 0 Å². The lowest BCUT2D eigenvalue weighted by molar-refractivity contribution is -0.142. The fraction of sp³-hybridized carbons (Fsp3) is 0.600. The first kappa shape index (κ1) is 11.1. The number of carbonyl (C=O) groups is 1. The van der Waals surface area contributed by atoms with Gasteiger partial charge >= 0.3 is 6.09 Å². The van der Waals surface area contributed by atoms with E-state index < -0.39 is 11.9 Å². The SMILES string of the molecule is CC1(C)OCC(COC(=O)n2ccnc2)O1. The summed E-state index contributed by atoms with van der Waals surface area (Å²) >= 11 is 0. The summed E-state index contributed by atoms with van der Waals surface area (Å²) in [6.07, 6.45) is 3.75.